The number of hydrogen-bond acceptors (Lipinski definition) is 4. The zero-order chi connectivity index (χ0) is 16.8. The van der Waals surface area contributed by atoms with E-state index in [0.717, 1.165) is 17.3 Å². The normalized spacial score (nSPS) is 20.5. The summed E-state index contributed by atoms with van der Waals surface area (Å²) in [7, 11) is -1.57. The molecule has 0 atom stereocenters. The predicted octanol–water partition coefficient (Wildman–Crippen LogP) is 2.26. The van der Waals surface area contributed by atoms with Gasteiger partial charge in [0.25, 0.3) is 0 Å². The van der Waals surface area contributed by atoms with Crippen LogP contribution in [0.25, 0.3) is 0 Å². The van der Waals surface area contributed by atoms with Gasteiger partial charge in [-0.1, -0.05) is 19.6 Å². The molecule has 124 valence electrons. The highest BCUT2D eigenvalue weighted by molar-refractivity contribution is 6.76. The van der Waals surface area contributed by atoms with E-state index in [-0.39, 0.29) is 11.2 Å². The van der Waals surface area contributed by atoms with Crippen molar-refractivity contribution < 1.29 is 14.1 Å². The van der Waals surface area contributed by atoms with E-state index in [1.54, 1.807) is 4.85 Å². The first kappa shape index (κ1) is 17.6. The minimum Gasteiger partial charge on any atom is -0.398 e. The highest BCUT2D eigenvalue weighted by Crippen LogP contribution is 2.36. The minimum absolute atomic E-state index is 0.362. The smallest absolute Gasteiger partial charge is 0.398 e. The van der Waals surface area contributed by atoms with Crippen LogP contribution in [0, 0.1) is 6.92 Å². The van der Waals surface area contributed by atoms with E-state index in [9.17, 15) is 0 Å². The number of aryl methyl sites for hydroxylation is 1. The molecule has 1 aliphatic heterocycles. The highest BCUT2D eigenvalue weighted by Gasteiger charge is 2.53. The quantitative estimate of drug-likeness (QED) is 0.780. The van der Waals surface area contributed by atoms with Gasteiger partial charge in [0.1, 0.15) is 12.2 Å². The Balaban J connectivity index is 2.13. The van der Waals surface area contributed by atoms with Gasteiger partial charge >= 0.3 is 7.12 Å². The second-order valence-electron chi connectivity index (χ2n) is 8.32. The number of hydrogen-bond donors (Lipinski definition) is 0. The van der Waals surface area contributed by atoms with E-state index >= 15 is 0 Å². The summed E-state index contributed by atoms with van der Waals surface area (Å²) < 4.78 is 12.2. The predicted molar refractivity (Wildman–Crippen MR) is 92.3 cm³/mol. The van der Waals surface area contributed by atoms with Gasteiger partial charge in [-0.05, 0) is 46.7 Å². The topological polar surface area (TPSA) is 45.5 Å². The summed E-state index contributed by atoms with van der Waals surface area (Å²) in [5.74, 6) is 0. The average molecular weight is 324 g/mol. The Morgan fingerprint density at radius 3 is 2.23 bits per heavy atom. The zero-order valence-corrected chi connectivity index (χ0v) is 16.2. The van der Waals surface area contributed by atoms with Crippen molar-refractivity contribution in [3.05, 3.63) is 11.8 Å². The molecule has 0 spiro atoms. The lowest BCUT2D eigenvalue weighted by Gasteiger charge is -2.32. The monoisotopic (exact) mass is 324 g/mol. The molecule has 2 heterocycles. The summed E-state index contributed by atoms with van der Waals surface area (Å²) in [6.07, 6.45) is 0. The third-order valence-electron chi connectivity index (χ3n) is 4.39. The fourth-order valence-electron chi connectivity index (χ4n) is 2.16. The molecule has 0 saturated carbocycles. The summed E-state index contributed by atoms with van der Waals surface area (Å²) >= 11 is 0. The molecule has 0 N–H and O–H groups in total. The zero-order valence-electron chi connectivity index (χ0n) is 15.2. The van der Waals surface area contributed by atoms with Crippen LogP contribution in [0.1, 0.15) is 33.4 Å². The van der Waals surface area contributed by atoms with Gasteiger partial charge in [0.15, 0.2) is 0 Å². The molecule has 0 unspecified atom stereocenters. The van der Waals surface area contributed by atoms with Gasteiger partial charge in [-0.2, -0.15) is 0 Å². The molecule has 1 aliphatic rings. The van der Waals surface area contributed by atoms with Crippen molar-refractivity contribution in [2.75, 3.05) is 6.61 Å². The Morgan fingerprint density at radius 2 is 1.73 bits per heavy atom. The molecule has 1 aromatic heterocycles. The number of aromatic nitrogens is 2. The van der Waals surface area contributed by atoms with Crippen molar-refractivity contribution in [1.29, 1.82) is 0 Å². The molecule has 0 amide bonds. The molecular weight excluding hydrogens is 295 g/mol. The summed E-state index contributed by atoms with van der Waals surface area (Å²) in [5, 5.41) is 4.42. The maximum absolute atomic E-state index is 6.10. The van der Waals surface area contributed by atoms with E-state index in [2.05, 4.69) is 24.7 Å². The summed E-state index contributed by atoms with van der Waals surface area (Å²) in [6, 6.07) is 3.06. The van der Waals surface area contributed by atoms with Gasteiger partial charge in [0, 0.05) is 8.07 Å². The van der Waals surface area contributed by atoms with E-state index in [1.165, 1.54) is 0 Å². The Kier molecular flexibility index (Phi) is 4.54. The maximum Gasteiger partial charge on any atom is 0.518 e. The summed E-state index contributed by atoms with van der Waals surface area (Å²) in [4.78, 5) is 7.44. The first-order valence-electron chi connectivity index (χ1n) is 7.97. The van der Waals surface area contributed by atoms with Crippen molar-refractivity contribution in [1.82, 2.24) is 9.94 Å². The second-order valence-corrected chi connectivity index (χ2v) is 13.9. The van der Waals surface area contributed by atoms with E-state index in [0.29, 0.717) is 6.61 Å². The molecule has 7 heteroatoms. The second kappa shape index (κ2) is 5.69. The average Bonchev–Trinajstić information content (AvgIpc) is 2.76. The van der Waals surface area contributed by atoms with Gasteiger partial charge < -0.3 is 14.1 Å². The van der Waals surface area contributed by atoms with Crippen molar-refractivity contribution in [3.63, 3.8) is 0 Å². The molecule has 2 rings (SSSR count). The Hall–Kier alpha value is -0.788. The van der Waals surface area contributed by atoms with Crippen LogP contribution >= 0.6 is 0 Å². The molecule has 5 nitrogen and oxygen atoms in total. The lowest BCUT2D eigenvalue weighted by atomic mass is 9.85. The van der Waals surface area contributed by atoms with Crippen LogP contribution in [0.2, 0.25) is 25.7 Å². The molecular formula is C15H29BN2O3Si. The largest absolute Gasteiger partial charge is 0.518 e. The Labute approximate surface area is 135 Å². The first-order valence-corrected chi connectivity index (χ1v) is 11.7. The Bertz CT molecular complexity index is 521. The van der Waals surface area contributed by atoms with Crippen LogP contribution in [0.15, 0.2) is 6.07 Å². The van der Waals surface area contributed by atoms with Crippen molar-refractivity contribution >= 4 is 20.8 Å². The van der Waals surface area contributed by atoms with Gasteiger partial charge in [0.05, 0.1) is 16.9 Å². The fourth-order valence-corrected chi connectivity index (χ4v) is 2.87. The van der Waals surface area contributed by atoms with Crippen molar-refractivity contribution in [2.45, 2.75) is 71.5 Å². The lowest BCUT2D eigenvalue weighted by Crippen LogP contribution is -2.42. The molecule has 22 heavy (non-hydrogen) atoms. The molecule has 1 aromatic rings. The van der Waals surface area contributed by atoms with Crippen LogP contribution in [0.4, 0.5) is 0 Å². The summed E-state index contributed by atoms with van der Waals surface area (Å²) in [5.41, 5.74) is 1.00. The maximum atomic E-state index is 6.10. The van der Waals surface area contributed by atoms with Crippen LogP contribution < -0.4 is 10.4 Å². The molecule has 1 saturated heterocycles. The van der Waals surface area contributed by atoms with Gasteiger partial charge in [-0.3, -0.25) is 0 Å². The fraction of sp³-hybridized carbons (Fsp3) is 0.800. The molecule has 0 aliphatic carbocycles. The van der Waals surface area contributed by atoms with Gasteiger partial charge in [0.2, 0.25) is 0 Å². The minimum atomic E-state index is -1.13. The van der Waals surface area contributed by atoms with E-state index < -0.39 is 15.2 Å². The third-order valence-corrected chi connectivity index (χ3v) is 6.09. The van der Waals surface area contributed by atoms with Crippen molar-refractivity contribution in [2.24, 2.45) is 0 Å². The molecule has 0 bridgehead atoms. The molecule has 0 radical (unpaired) electrons. The first-order chi connectivity index (χ1) is 9.91. The lowest BCUT2D eigenvalue weighted by molar-refractivity contribution is 0.00578. The number of nitrogens with zero attached hydrogens (tertiary/aromatic N) is 2. The summed E-state index contributed by atoms with van der Waals surface area (Å²) in [6.45, 7) is 17.8. The Morgan fingerprint density at radius 1 is 1.18 bits per heavy atom. The third kappa shape index (κ3) is 3.75. The molecule has 0 aromatic carbocycles. The van der Waals surface area contributed by atoms with Gasteiger partial charge in [-0.15, -0.1) is 9.94 Å². The van der Waals surface area contributed by atoms with Crippen LogP contribution in [-0.2, 0) is 9.31 Å². The van der Waals surface area contributed by atoms with Crippen LogP contribution in [0.3, 0.4) is 0 Å². The number of rotatable bonds is 5. The molecule has 1 fully saturated rings. The van der Waals surface area contributed by atoms with E-state index in [1.807, 2.05) is 40.7 Å². The van der Waals surface area contributed by atoms with E-state index in [4.69, 9.17) is 14.1 Å². The highest BCUT2D eigenvalue weighted by atomic mass is 28.3. The SMILES string of the molecule is Cc1cc(B2OC(C)(C)C(C)(C)O2)n(OCC[Si](C)(C)C)n1. The standard InChI is InChI=1S/C15H29BN2O3Si/c1-12-11-13(16-20-14(2,3)15(4,5)21-16)18(17-12)19-9-10-22(6,7)8/h11H,9-10H2,1-8H3. The van der Waals surface area contributed by atoms with Crippen LogP contribution in [-0.4, -0.2) is 42.9 Å². The van der Waals surface area contributed by atoms with Crippen molar-refractivity contribution in [3.8, 4) is 0 Å². The van der Waals surface area contributed by atoms with Gasteiger partial charge in [-0.25, -0.2) is 0 Å². The van der Waals surface area contributed by atoms with Crippen LogP contribution in [0.5, 0.6) is 0 Å².